The molecule has 5 heteroatoms. The highest BCUT2D eigenvalue weighted by Crippen LogP contribution is 2.22. The van der Waals surface area contributed by atoms with Gasteiger partial charge >= 0.3 is 0 Å². The molecule has 0 spiro atoms. The zero-order valence-corrected chi connectivity index (χ0v) is 13.3. The molecular formula is C15H24N2O2S. The van der Waals surface area contributed by atoms with E-state index in [0.717, 1.165) is 22.6 Å². The molecule has 0 saturated carbocycles. The number of carbonyl (C=O) groups excluding carboxylic acids is 1. The van der Waals surface area contributed by atoms with Crippen molar-refractivity contribution in [3.63, 3.8) is 0 Å². The molecule has 0 heterocycles. The highest BCUT2D eigenvalue weighted by molar-refractivity contribution is 8.00. The molecule has 0 atom stereocenters. The minimum Gasteiger partial charge on any atom is -0.399 e. The summed E-state index contributed by atoms with van der Waals surface area (Å²) < 4.78 is 5.41. The van der Waals surface area contributed by atoms with E-state index in [1.54, 1.807) is 0 Å². The first-order valence-corrected chi connectivity index (χ1v) is 7.85. The Balaban J connectivity index is 2.18. The lowest BCUT2D eigenvalue weighted by Crippen LogP contribution is -2.27. The van der Waals surface area contributed by atoms with E-state index in [4.69, 9.17) is 10.5 Å². The van der Waals surface area contributed by atoms with Gasteiger partial charge in [-0.2, -0.15) is 0 Å². The van der Waals surface area contributed by atoms with Gasteiger partial charge in [0.15, 0.2) is 0 Å². The van der Waals surface area contributed by atoms with Crippen molar-refractivity contribution in [1.29, 1.82) is 0 Å². The lowest BCUT2D eigenvalue weighted by atomic mass is 10.2. The lowest BCUT2D eigenvalue weighted by molar-refractivity contribution is -0.118. The Labute approximate surface area is 125 Å². The molecule has 0 unspecified atom stereocenters. The summed E-state index contributed by atoms with van der Waals surface area (Å²) in [5, 5.41) is 2.89. The maximum Gasteiger partial charge on any atom is 0.230 e. The Hall–Kier alpha value is -1.20. The summed E-state index contributed by atoms with van der Waals surface area (Å²) in [7, 11) is 0. The van der Waals surface area contributed by atoms with Gasteiger partial charge in [-0.25, -0.2) is 0 Å². The van der Waals surface area contributed by atoms with Crippen LogP contribution in [0.15, 0.2) is 23.1 Å². The highest BCUT2D eigenvalue weighted by Gasteiger charge is 2.03. The molecule has 3 N–H and O–H groups in total. The van der Waals surface area contributed by atoms with Gasteiger partial charge < -0.3 is 15.8 Å². The number of ether oxygens (including phenoxy) is 1. The average Bonchev–Trinajstić information content (AvgIpc) is 2.39. The molecule has 1 rings (SSSR count). The first-order valence-electron chi connectivity index (χ1n) is 6.86. The summed E-state index contributed by atoms with van der Waals surface area (Å²) in [4.78, 5) is 12.7. The number of rotatable bonds is 8. The molecule has 112 valence electrons. The van der Waals surface area contributed by atoms with Crippen LogP contribution in [-0.2, 0) is 9.53 Å². The molecule has 1 amide bonds. The van der Waals surface area contributed by atoms with E-state index in [9.17, 15) is 4.79 Å². The maximum absolute atomic E-state index is 11.7. The lowest BCUT2D eigenvalue weighted by Gasteiger charge is -2.08. The zero-order chi connectivity index (χ0) is 15.0. The normalized spacial score (nSPS) is 10.8. The van der Waals surface area contributed by atoms with Crippen LogP contribution in [0.3, 0.4) is 0 Å². The van der Waals surface area contributed by atoms with Crippen molar-refractivity contribution in [1.82, 2.24) is 5.32 Å². The number of anilines is 1. The monoisotopic (exact) mass is 296 g/mol. The van der Waals surface area contributed by atoms with Gasteiger partial charge in [-0.15, -0.1) is 11.8 Å². The van der Waals surface area contributed by atoms with Crippen LogP contribution in [0.4, 0.5) is 5.69 Å². The van der Waals surface area contributed by atoms with E-state index < -0.39 is 0 Å². The van der Waals surface area contributed by atoms with Gasteiger partial charge in [0, 0.05) is 23.7 Å². The Morgan fingerprint density at radius 1 is 1.45 bits per heavy atom. The largest absolute Gasteiger partial charge is 0.399 e. The smallest absolute Gasteiger partial charge is 0.230 e. The molecule has 0 aliphatic rings. The van der Waals surface area contributed by atoms with E-state index in [0.29, 0.717) is 18.9 Å². The van der Waals surface area contributed by atoms with Crippen LogP contribution in [0.2, 0.25) is 0 Å². The first kappa shape index (κ1) is 16.9. The topological polar surface area (TPSA) is 64.3 Å². The average molecular weight is 296 g/mol. The third-order valence-corrected chi connectivity index (χ3v) is 3.70. The second kappa shape index (κ2) is 8.87. The number of aryl methyl sites for hydroxylation is 1. The zero-order valence-electron chi connectivity index (χ0n) is 12.4. The Bertz CT molecular complexity index is 436. The molecule has 4 nitrogen and oxygen atoms in total. The Kier molecular flexibility index (Phi) is 7.47. The van der Waals surface area contributed by atoms with E-state index >= 15 is 0 Å². The summed E-state index contributed by atoms with van der Waals surface area (Å²) in [6, 6.07) is 5.82. The van der Waals surface area contributed by atoms with Crippen LogP contribution in [0.5, 0.6) is 0 Å². The second-order valence-electron chi connectivity index (χ2n) is 4.93. The number of hydrogen-bond acceptors (Lipinski definition) is 4. The van der Waals surface area contributed by atoms with Gasteiger partial charge in [0.25, 0.3) is 0 Å². The number of thioether (sulfide) groups is 1. The number of hydrogen-bond donors (Lipinski definition) is 2. The van der Waals surface area contributed by atoms with Crippen molar-refractivity contribution < 1.29 is 9.53 Å². The quantitative estimate of drug-likeness (QED) is 0.440. The van der Waals surface area contributed by atoms with Crippen molar-refractivity contribution >= 4 is 23.4 Å². The minimum absolute atomic E-state index is 0.0500. The van der Waals surface area contributed by atoms with Crippen molar-refractivity contribution in [2.45, 2.75) is 38.2 Å². The molecule has 0 fully saturated rings. The number of nitrogen functional groups attached to an aromatic ring is 1. The fraction of sp³-hybridized carbons (Fsp3) is 0.533. The van der Waals surface area contributed by atoms with Crippen LogP contribution < -0.4 is 11.1 Å². The number of amides is 1. The molecule has 20 heavy (non-hydrogen) atoms. The van der Waals surface area contributed by atoms with Crippen molar-refractivity contribution in [3.05, 3.63) is 23.8 Å². The van der Waals surface area contributed by atoms with Crippen molar-refractivity contribution in [2.24, 2.45) is 0 Å². The van der Waals surface area contributed by atoms with Gasteiger partial charge in [0.1, 0.15) is 0 Å². The summed E-state index contributed by atoms with van der Waals surface area (Å²) in [6.07, 6.45) is 1.09. The predicted octanol–water partition coefficient (Wildman–Crippen LogP) is 2.60. The van der Waals surface area contributed by atoms with Crippen LogP contribution in [0.25, 0.3) is 0 Å². The van der Waals surface area contributed by atoms with Crippen LogP contribution in [0, 0.1) is 6.92 Å². The molecular weight excluding hydrogens is 272 g/mol. The molecule has 0 saturated heterocycles. The fourth-order valence-corrected chi connectivity index (χ4v) is 2.38. The van der Waals surface area contributed by atoms with Crippen LogP contribution in [-0.4, -0.2) is 30.9 Å². The minimum atomic E-state index is 0.0500. The van der Waals surface area contributed by atoms with Crippen molar-refractivity contribution in [2.75, 3.05) is 24.6 Å². The predicted molar refractivity (Wildman–Crippen MR) is 85.0 cm³/mol. The van der Waals surface area contributed by atoms with Crippen LogP contribution in [0.1, 0.15) is 25.8 Å². The molecule has 0 aliphatic heterocycles. The van der Waals surface area contributed by atoms with Gasteiger partial charge in [-0.1, -0.05) is 0 Å². The summed E-state index contributed by atoms with van der Waals surface area (Å²) in [5.41, 5.74) is 7.58. The van der Waals surface area contributed by atoms with Gasteiger partial charge in [0.2, 0.25) is 5.91 Å². The summed E-state index contributed by atoms with van der Waals surface area (Å²) in [6.45, 7) is 7.32. The SMILES string of the molecule is Cc1cc(SCC(=O)NCCCOC(C)C)ccc1N. The first-order chi connectivity index (χ1) is 9.49. The van der Waals surface area contributed by atoms with Gasteiger partial charge in [-0.05, 0) is 51.0 Å². The summed E-state index contributed by atoms with van der Waals surface area (Å²) >= 11 is 1.52. The Morgan fingerprint density at radius 3 is 2.85 bits per heavy atom. The van der Waals surface area contributed by atoms with Gasteiger partial charge in [0.05, 0.1) is 11.9 Å². The number of carbonyl (C=O) groups is 1. The van der Waals surface area contributed by atoms with E-state index in [-0.39, 0.29) is 12.0 Å². The third-order valence-electron chi connectivity index (χ3n) is 2.71. The third kappa shape index (κ3) is 6.82. The molecule has 0 radical (unpaired) electrons. The molecule has 1 aromatic rings. The van der Waals surface area contributed by atoms with E-state index in [1.165, 1.54) is 11.8 Å². The molecule has 0 aliphatic carbocycles. The van der Waals surface area contributed by atoms with E-state index in [1.807, 2.05) is 39.0 Å². The number of benzene rings is 1. The fourth-order valence-electron chi connectivity index (χ4n) is 1.56. The number of nitrogens with two attached hydrogens (primary N) is 1. The molecule has 1 aromatic carbocycles. The maximum atomic E-state index is 11.7. The summed E-state index contributed by atoms with van der Waals surface area (Å²) in [5.74, 6) is 0.475. The Morgan fingerprint density at radius 2 is 2.20 bits per heavy atom. The second-order valence-corrected chi connectivity index (χ2v) is 5.98. The van der Waals surface area contributed by atoms with E-state index in [2.05, 4.69) is 5.32 Å². The molecule has 0 bridgehead atoms. The molecule has 0 aromatic heterocycles. The van der Waals surface area contributed by atoms with Crippen molar-refractivity contribution in [3.8, 4) is 0 Å². The van der Waals surface area contributed by atoms with Gasteiger partial charge in [-0.3, -0.25) is 4.79 Å². The standard InChI is InChI=1S/C15H24N2O2S/c1-11(2)19-8-4-7-17-15(18)10-20-13-5-6-14(16)12(3)9-13/h5-6,9,11H,4,7-8,10,16H2,1-3H3,(H,17,18). The number of nitrogens with one attached hydrogen (secondary N) is 1. The highest BCUT2D eigenvalue weighted by atomic mass is 32.2. The van der Waals surface area contributed by atoms with Crippen LogP contribution >= 0.6 is 11.8 Å².